The molecule has 0 saturated carbocycles. The van der Waals surface area contributed by atoms with Crippen molar-refractivity contribution in [1.82, 2.24) is 4.98 Å². The van der Waals surface area contributed by atoms with Crippen LogP contribution >= 0.6 is 11.6 Å². The highest BCUT2D eigenvalue weighted by Gasteiger charge is 2.27. The molecule has 1 aromatic heterocycles. The number of pyridine rings is 1. The number of alkyl halides is 2. The molecule has 7 heteroatoms. The van der Waals surface area contributed by atoms with Gasteiger partial charge in [0.15, 0.2) is 11.6 Å². The Bertz CT molecular complexity index is 941. The van der Waals surface area contributed by atoms with Crippen LogP contribution in [0.2, 0.25) is 0 Å². The van der Waals surface area contributed by atoms with Gasteiger partial charge in [0.25, 0.3) is 0 Å². The fourth-order valence-electron chi connectivity index (χ4n) is 4.57. The van der Waals surface area contributed by atoms with Gasteiger partial charge in [0.05, 0.1) is 30.0 Å². The van der Waals surface area contributed by atoms with Crippen molar-refractivity contribution in [3.8, 4) is 17.0 Å². The molecule has 200 valence electrons. The summed E-state index contributed by atoms with van der Waals surface area (Å²) in [7, 11) is 0. The maximum Gasteiger partial charge on any atom is 0.168 e. The van der Waals surface area contributed by atoms with Gasteiger partial charge in [0.2, 0.25) is 0 Å². The average Bonchev–Trinajstić information content (AvgIpc) is 2.90. The van der Waals surface area contributed by atoms with Gasteiger partial charge in [-0.25, -0.2) is 13.2 Å². The van der Waals surface area contributed by atoms with Crippen molar-refractivity contribution in [2.24, 2.45) is 0 Å². The topological polar surface area (TPSA) is 31.4 Å². The van der Waals surface area contributed by atoms with Gasteiger partial charge in [-0.3, -0.25) is 4.98 Å². The number of nitrogens with zero attached hydrogens (tertiary/aromatic N) is 1. The Labute approximate surface area is 218 Å². The number of aromatic nitrogens is 1. The van der Waals surface area contributed by atoms with E-state index in [2.05, 4.69) is 18.8 Å². The quantitative estimate of drug-likeness (QED) is 0.173. The molecule has 0 radical (unpaired) electrons. The molecule has 3 atom stereocenters. The van der Waals surface area contributed by atoms with Crippen LogP contribution in [0.15, 0.2) is 24.4 Å². The Morgan fingerprint density at radius 3 is 2.56 bits per heavy atom. The molecule has 0 amide bonds. The van der Waals surface area contributed by atoms with Crippen molar-refractivity contribution in [2.75, 3.05) is 13.2 Å². The summed E-state index contributed by atoms with van der Waals surface area (Å²) in [5, 5.41) is -0.0776. The third kappa shape index (κ3) is 8.37. The van der Waals surface area contributed by atoms with E-state index in [-0.39, 0.29) is 30.1 Å². The molecule has 3 unspecified atom stereocenters. The van der Waals surface area contributed by atoms with Crippen LogP contribution in [0.4, 0.5) is 13.2 Å². The van der Waals surface area contributed by atoms with Gasteiger partial charge in [-0.1, -0.05) is 52.4 Å². The third-order valence-electron chi connectivity index (χ3n) is 6.77. The predicted octanol–water partition coefficient (Wildman–Crippen LogP) is 8.39. The van der Waals surface area contributed by atoms with E-state index in [0.717, 1.165) is 50.5 Å². The van der Waals surface area contributed by atoms with Crippen molar-refractivity contribution < 1.29 is 22.6 Å². The lowest BCUT2D eigenvalue weighted by atomic mass is 9.87. The molecule has 1 aromatic carbocycles. The monoisotopic (exact) mass is 525 g/mol. The number of ether oxygens (including phenoxy) is 2. The van der Waals surface area contributed by atoms with Crippen molar-refractivity contribution in [3.63, 3.8) is 0 Å². The molecule has 0 spiro atoms. The van der Waals surface area contributed by atoms with E-state index in [1.165, 1.54) is 6.20 Å². The highest BCUT2D eigenvalue weighted by atomic mass is 35.5. The molecule has 1 aliphatic carbocycles. The normalized spacial score (nSPS) is 17.0. The molecule has 0 aliphatic heterocycles. The molecule has 3 rings (SSSR count). The van der Waals surface area contributed by atoms with Crippen LogP contribution in [0.5, 0.6) is 5.75 Å². The highest BCUT2D eigenvalue weighted by molar-refractivity contribution is 6.20. The number of rotatable bonds is 15. The van der Waals surface area contributed by atoms with Gasteiger partial charge in [0.1, 0.15) is 18.5 Å². The molecule has 0 bridgehead atoms. The van der Waals surface area contributed by atoms with Crippen LogP contribution in [-0.2, 0) is 17.6 Å². The van der Waals surface area contributed by atoms with Crippen molar-refractivity contribution in [3.05, 3.63) is 47.2 Å². The van der Waals surface area contributed by atoms with Gasteiger partial charge < -0.3 is 9.47 Å². The minimum absolute atomic E-state index is 0.00964. The summed E-state index contributed by atoms with van der Waals surface area (Å²) < 4.78 is 55.7. The first-order chi connectivity index (χ1) is 17.4. The number of fused-ring (bicyclic) bond motifs is 1. The summed E-state index contributed by atoms with van der Waals surface area (Å²) in [4.78, 5) is 4.30. The van der Waals surface area contributed by atoms with Crippen LogP contribution in [0.3, 0.4) is 0 Å². The lowest BCUT2D eigenvalue weighted by Crippen LogP contribution is -2.27. The fraction of sp³-hybridized carbons (Fsp3) is 0.621. The smallest absolute Gasteiger partial charge is 0.168 e. The predicted molar refractivity (Wildman–Crippen MR) is 140 cm³/mol. The second-order valence-corrected chi connectivity index (χ2v) is 10.4. The van der Waals surface area contributed by atoms with E-state index in [9.17, 15) is 4.39 Å². The minimum Gasteiger partial charge on any atom is -0.490 e. The zero-order valence-electron chi connectivity index (χ0n) is 21.5. The van der Waals surface area contributed by atoms with Gasteiger partial charge in [-0.2, -0.15) is 0 Å². The SMILES string of the molecule is CCCCCCC(F)COC1CCc2cc(-c3ccc(OCC(Cl)CCCC)cn3)c(F)c(F)c2C1. The lowest BCUT2D eigenvalue weighted by molar-refractivity contribution is 0.00865. The van der Waals surface area contributed by atoms with Gasteiger partial charge in [-0.15, -0.1) is 11.6 Å². The average molecular weight is 526 g/mol. The number of unbranched alkanes of at least 4 members (excludes halogenated alkanes) is 4. The van der Waals surface area contributed by atoms with Crippen molar-refractivity contribution in [1.29, 1.82) is 0 Å². The van der Waals surface area contributed by atoms with E-state index >= 15 is 8.78 Å². The number of hydrogen-bond donors (Lipinski definition) is 0. The molecular weight excluding hydrogens is 487 g/mol. The van der Waals surface area contributed by atoms with Crippen molar-refractivity contribution in [2.45, 2.75) is 102 Å². The zero-order valence-corrected chi connectivity index (χ0v) is 22.3. The summed E-state index contributed by atoms with van der Waals surface area (Å²) >= 11 is 6.25. The standard InChI is InChI=1S/C29H39ClF3NO2/c1-3-5-7-8-10-22(31)19-36-23-12-11-20-15-26(29(33)28(32)25(20)16-23)27-14-13-24(17-34-27)35-18-21(30)9-6-4-2/h13-15,17,21-23H,3-12,16,18-19H2,1-2H3. The number of hydrogen-bond acceptors (Lipinski definition) is 3. The molecule has 0 saturated heterocycles. The van der Waals surface area contributed by atoms with Gasteiger partial charge >= 0.3 is 0 Å². The second kappa shape index (κ2) is 14.8. The van der Waals surface area contributed by atoms with Crippen LogP contribution in [0, 0.1) is 11.6 Å². The Hall–Kier alpha value is -1.79. The van der Waals surface area contributed by atoms with Crippen LogP contribution in [-0.4, -0.2) is 35.9 Å². The van der Waals surface area contributed by atoms with Crippen LogP contribution < -0.4 is 4.74 Å². The van der Waals surface area contributed by atoms with E-state index in [0.29, 0.717) is 42.9 Å². The molecular formula is C29H39ClF3NO2. The molecule has 0 fully saturated rings. The summed E-state index contributed by atoms with van der Waals surface area (Å²) in [5.74, 6) is -1.25. The van der Waals surface area contributed by atoms with E-state index in [1.54, 1.807) is 18.2 Å². The van der Waals surface area contributed by atoms with E-state index in [4.69, 9.17) is 21.1 Å². The summed E-state index contributed by atoms with van der Waals surface area (Å²) in [5.41, 5.74) is 1.55. The number of aryl methyl sites for hydroxylation is 1. The first-order valence-electron chi connectivity index (χ1n) is 13.4. The Morgan fingerprint density at radius 2 is 1.83 bits per heavy atom. The van der Waals surface area contributed by atoms with Crippen LogP contribution in [0.1, 0.15) is 82.8 Å². The summed E-state index contributed by atoms with van der Waals surface area (Å²) in [6, 6.07) is 5.01. The maximum absolute atomic E-state index is 15.1. The third-order valence-corrected chi connectivity index (χ3v) is 7.11. The first-order valence-corrected chi connectivity index (χ1v) is 13.8. The number of benzene rings is 1. The minimum atomic E-state index is -1.02. The lowest BCUT2D eigenvalue weighted by Gasteiger charge is -2.26. The maximum atomic E-state index is 15.1. The van der Waals surface area contributed by atoms with Gasteiger partial charge in [-0.05, 0) is 55.0 Å². The largest absolute Gasteiger partial charge is 0.490 e. The Balaban J connectivity index is 1.58. The molecule has 1 aliphatic rings. The number of halogens is 4. The molecule has 36 heavy (non-hydrogen) atoms. The second-order valence-electron chi connectivity index (χ2n) is 9.76. The Morgan fingerprint density at radius 1 is 1.03 bits per heavy atom. The molecule has 2 aromatic rings. The molecule has 1 heterocycles. The molecule has 3 nitrogen and oxygen atoms in total. The zero-order chi connectivity index (χ0) is 25.9. The van der Waals surface area contributed by atoms with E-state index in [1.807, 2.05) is 0 Å². The van der Waals surface area contributed by atoms with Crippen LogP contribution in [0.25, 0.3) is 11.3 Å². The van der Waals surface area contributed by atoms with Gasteiger partial charge in [0, 0.05) is 12.0 Å². The molecule has 0 N–H and O–H groups in total. The summed E-state index contributed by atoms with van der Waals surface area (Å²) in [6.07, 6.45) is 9.22. The highest BCUT2D eigenvalue weighted by Crippen LogP contribution is 2.33. The van der Waals surface area contributed by atoms with Crippen molar-refractivity contribution >= 4 is 11.6 Å². The fourth-order valence-corrected chi connectivity index (χ4v) is 4.79. The first kappa shape index (κ1) is 28.8. The van der Waals surface area contributed by atoms with E-state index < -0.39 is 17.8 Å². The Kier molecular flexibility index (Phi) is 11.8. The summed E-state index contributed by atoms with van der Waals surface area (Å²) in [6.45, 7) is 4.61.